The van der Waals surface area contributed by atoms with E-state index in [2.05, 4.69) is 25.7 Å². The zero-order valence-corrected chi connectivity index (χ0v) is 16.5. The molecule has 2 aromatic heterocycles. The second-order valence-electron chi connectivity index (χ2n) is 6.82. The molecule has 1 aromatic carbocycles. The highest BCUT2D eigenvalue weighted by molar-refractivity contribution is 5.79. The molecule has 0 aliphatic heterocycles. The summed E-state index contributed by atoms with van der Waals surface area (Å²) in [5, 5.41) is 21.3. The van der Waals surface area contributed by atoms with Crippen LogP contribution in [0.1, 0.15) is 25.0 Å². The first kappa shape index (κ1) is 19.6. The maximum atomic E-state index is 10.8. The van der Waals surface area contributed by atoms with Gasteiger partial charge in [-0.25, -0.2) is 9.98 Å². The summed E-state index contributed by atoms with van der Waals surface area (Å²) in [5.74, 6) is 0.645. The Balaban J connectivity index is 1.72. The monoisotopic (exact) mass is 381 g/mol. The van der Waals surface area contributed by atoms with Gasteiger partial charge in [-0.1, -0.05) is 18.2 Å². The molecule has 8 nitrogen and oxygen atoms in total. The van der Waals surface area contributed by atoms with Crippen molar-refractivity contribution in [2.24, 2.45) is 12.0 Å². The standard InChI is InChI=1S/C20H27N7O/c1-4-22-19(24-14-20(2,28)17-12-25-26(3)13-17)23-11-16-7-5-6-8-18(16)27-10-9-21-15-27/h5-10,12-13,15,28H,4,11,14H2,1-3H3,(H2,22,23,24). The minimum Gasteiger partial charge on any atom is -0.383 e. The van der Waals surface area contributed by atoms with Gasteiger partial charge in [0.1, 0.15) is 5.60 Å². The van der Waals surface area contributed by atoms with Crippen molar-refractivity contribution in [3.05, 3.63) is 66.5 Å². The number of aliphatic hydroxyl groups is 1. The van der Waals surface area contributed by atoms with Crippen molar-refractivity contribution in [1.82, 2.24) is 30.0 Å². The molecule has 0 saturated carbocycles. The fraction of sp³-hybridized carbons (Fsp3) is 0.350. The number of benzene rings is 1. The van der Waals surface area contributed by atoms with Gasteiger partial charge in [0.15, 0.2) is 5.96 Å². The molecule has 8 heteroatoms. The average molecular weight is 381 g/mol. The first-order valence-electron chi connectivity index (χ1n) is 9.29. The third kappa shape index (κ3) is 4.77. The van der Waals surface area contributed by atoms with Crippen LogP contribution in [0.25, 0.3) is 5.69 Å². The van der Waals surface area contributed by atoms with Gasteiger partial charge in [-0.05, 0) is 25.5 Å². The van der Waals surface area contributed by atoms with Crippen molar-refractivity contribution in [2.45, 2.75) is 26.0 Å². The summed E-state index contributed by atoms with van der Waals surface area (Å²) in [6.45, 7) is 5.31. The van der Waals surface area contributed by atoms with Crippen LogP contribution in [-0.4, -0.2) is 43.5 Å². The molecule has 0 amide bonds. The largest absolute Gasteiger partial charge is 0.383 e. The fourth-order valence-electron chi connectivity index (χ4n) is 2.86. The van der Waals surface area contributed by atoms with Gasteiger partial charge in [-0.15, -0.1) is 0 Å². The molecule has 0 bridgehead atoms. The summed E-state index contributed by atoms with van der Waals surface area (Å²) >= 11 is 0. The third-order valence-corrected chi connectivity index (χ3v) is 4.45. The van der Waals surface area contributed by atoms with E-state index >= 15 is 0 Å². The van der Waals surface area contributed by atoms with E-state index in [0.717, 1.165) is 23.4 Å². The molecule has 0 saturated heterocycles. The van der Waals surface area contributed by atoms with Crippen LogP contribution in [0.5, 0.6) is 0 Å². The Morgan fingerprint density at radius 3 is 2.79 bits per heavy atom. The van der Waals surface area contributed by atoms with Gasteiger partial charge in [0, 0.05) is 37.7 Å². The minimum absolute atomic E-state index is 0.313. The molecule has 0 fully saturated rings. The van der Waals surface area contributed by atoms with Gasteiger partial charge >= 0.3 is 0 Å². The number of para-hydroxylation sites is 1. The predicted octanol–water partition coefficient (Wildman–Crippen LogP) is 1.57. The zero-order valence-electron chi connectivity index (χ0n) is 16.5. The van der Waals surface area contributed by atoms with Gasteiger partial charge in [0.25, 0.3) is 0 Å². The number of rotatable bonds is 7. The molecule has 0 radical (unpaired) electrons. The molecule has 148 valence electrons. The quantitative estimate of drug-likeness (QED) is 0.427. The van der Waals surface area contributed by atoms with Crippen molar-refractivity contribution < 1.29 is 5.11 Å². The Kier molecular flexibility index (Phi) is 6.10. The van der Waals surface area contributed by atoms with Crippen LogP contribution >= 0.6 is 0 Å². The molecule has 1 atom stereocenters. The number of nitrogens with one attached hydrogen (secondary N) is 2. The molecular formula is C20H27N7O. The third-order valence-electron chi connectivity index (χ3n) is 4.45. The van der Waals surface area contributed by atoms with Gasteiger partial charge in [-0.3, -0.25) is 4.68 Å². The van der Waals surface area contributed by atoms with Gasteiger partial charge < -0.3 is 20.3 Å². The molecular weight excluding hydrogens is 354 g/mol. The second-order valence-corrected chi connectivity index (χ2v) is 6.82. The van der Waals surface area contributed by atoms with Crippen LogP contribution in [0.3, 0.4) is 0 Å². The van der Waals surface area contributed by atoms with E-state index < -0.39 is 5.60 Å². The first-order chi connectivity index (χ1) is 13.5. The van der Waals surface area contributed by atoms with Crippen LogP contribution in [0.4, 0.5) is 0 Å². The molecule has 3 aromatic rings. The predicted molar refractivity (Wildman–Crippen MR) is 109 cm³/mol. The highest BCUT2D eigenvalue weighted by Gasteiger charge is 2.25. The number of aryl methyl sites for hydroxylation is 1. The lowest BCUT2D eigenvalue weighted by Crippen LogP contribution is -2.44. The number of hydrogen-bond acceptors (Lipinski definition) is 4. The van der Waals surface area contributed by atoms with E-state index in [1.165, 1.54) is 0 Å². The van der Waals surface area contributed by atoms with Crippen LogP contribution < -0.4 is 10.6 Å². The van der Waals surface area contributed by atoms with Crippen molar-refractivity contribution in [3.8, 4) is 5.69 Å². The topological polar surface area (TPSA) is 92.3 Å². The van der Waals surface area contributed by atoms with E-state index in [4.69, 9.17) is 0 Å². The van der Waals surface area contributed by atoms with Crippen LogP contribution in [0.2, 0.25) is 0 Å². The highest BCUT2D eigenvalue weighted by atomic mass is 16.3. The van der Waals surface area contributed by atoms with E-state index in [1.807, 2.05) is 55.2 Å². The summed E-state index contributed by atoms with van der Waals surface area (Å²) in [6.07, 6.45) is 8.93. The minimum atomic E-state index is -1.06. The maximum Gasteiger partial charge on any atom is 0.191 e. The van der Waals surface area contributed by atoms with Gasteiger partial charge in [0.05, 0.1) is 31.3 Å². The fourth-order valence-corrected chi connectivity index (χ4v) is 2.86. The Morgan fingerprint density at radius 1 is 1.29 bits per heavy atom. The second kappa shape index (κ2) is 8.71. The lowest BCUT2D eigenvalue weighted by molar-refractivity contribution is 0.0616. The van der Waals surface area contributed by atoms with E-state index in [9.17, 15) is 5.11 Å². The van der Waals surface area contributed by atoms with Gasteiger partial charge in [0.2, 0.25) is 0 Å². The normalized spacial score (nSPS) is 13.9. The van der Waals surface area contributed by atoms with E-state index in [0.29, 0.717) is 19.0 Å². The van der Waals surface area contributed by atoms with Crippen LogP contribution in [0.15, 0.2) is 60.4 Å². The Bertz CT molecular complexity index is 912. The number of hydrogen-bond donors (Lipinski definition) is 3. The Hall–Kier alpha value is -3.13. The molecule has 2 heterocycles. The molecule has 0 spiro atoms. The van der Waals surface area contributed by atoms with Crippen molar-refractivity contribution in [3.63, 3.8) is 0 Å². The summed E-state index contributed by atoms with van der Waals surface area (Å²) in [5.41, 5.74) is 1.82. The van der Waals surface area contributed by atoms with Crippen molar-refractivity contribution in [1.29, 1.82) is 0 Å². The molecule has 3 rings (SSSR count). The van der Waals surface area contributed by atoms with Gasteiger partial charge in [-0.2, -0.15) is 5.10 Å². The zero-order chi connectivity index (χ0) is 20.0. The van der Waals surface area contributed by atoms with Crippen molar-refractivity contribution in [2.75, 3.05) is 13.1 Å². The number of guanidine groups is 1. The number of nitrogens with zero attached hydrogens (tertiary/aromatic N) is 5. The van der Waals surface area contributed by atoms with Crippen LogP contribution in [-0.2, 0) is 19.2 Å². The van der Waals surface area contributed by atoms with E-state index in [1.54, 1.807) is 30.3 Å². The lowest BCUT2D eigenvalue weighted by atomic mass is 10.00. The number of aliphatic imine (C=N–C) groups is 1. The average Bonchev–Trinajstić information content (AvgIpc) is 3.36. The molecule has 0 aliphatic carbocycles. The van der Waals surface area contributed by atoms with Crippen molar-refractivity contribution >= 4 is 5.96 Å². The first-order valence-corrected chi connectivity index (χ1v) is 9.29. The number of imidazole rings is 1. The van der Waals surface area contributed by atoms with E-state index in [-0.39, 0.29) is 0 Å². The summed E-state index contributed by atoms with van der Waals surface area (Å²) < 4.78 is 3.65. The molecule has 1 unspecified atom stereocenters. The summed E-state index contributed by atoms with van der Waals surface area (Å²) in [7, 11) is 1.83. The smallest absolute Gasteiger partial charge is 0.191 e. The molecule has 0 aliphatic rings. The Labute approximate surface area is 165 Å². The lowest BCUT2D eigenvalue weighted by Gasteiger charge is -2.23. The summed E-state index contributed by atoms with van der Waals surface area (Å²) in [4.78, 5) is 8.80. The summed E-state index contributed by atoms with van der Waals surface area (Å²) in [6, 6.07) is 8.09. The highest BCUT2D eigenvalue weighted by Crippen LogP contribution is 2.18. The molecule has 3 N–H and O–H groups in total. The Morgan fingerprint density at radius 2 is 2.11 bits per heavy atom. The van der Waals surface area contributed by atoms with Crippen LogP contribution in [0, 0.1) is 0 Å². The SMILES string of the molecule is CCNC(=NCc1ccccc1-n1ccnc1)NCC(C)(O)c1cnn(C)c1. The maximum absolute atomic E-state index is 10.8. The number of aromatic nitrogens is 4. The molecule has 28 heavy (non-hydrogen) atoms.